The molecule has 4 aromatic rings. The second kappa shape index (κ2) is 7.38. The molecule has 1 aliphatic carbocycles. The molecule has 0 radical (unpaired) electrons. The zero-order valence-electron chi connectivity index (χ0n) is 16.5. The summed E-state index contributed by atoms with van der Waals surface area (Å²) < 4.78 is 30.2. The Morgan fingerprint density at radius 3 is 2.65 bits per heavy atom. The number of hydrogen-bond acceptors (Lipinski definition) is 5. The lowest BCUT2D eigenvalue weighted by molar-refractivity contribution is 0.102. The number of aromatic nitrogens is 6. The Labute approximate surface area is 175 Å². The summed E-state index contributed by atoms with van der Waals surface area (Å²) in [7, 11) is 0. The second-order valence-corrected chi connectivity index (χ2v) is 7.28. The van der Waals surface area contributed by atoms with E-state index in [0.29, 0.717) is 35.7 Å². The van der Waals surface area contributed by atoms with Crippen LogP contribution in [0.5, 0.6) is 0 Å². The molecule has 0 unspecified atom stereocenters. The lowest BCUT2D eigenvalue weighted by Crippen LogP contribution is -2.15. The minimum atomic E-state index is -0.958. The third-order valence-corrected chi connectivity index (χ3v) is 5.27. The molecule has 2 heterocycles. The number of tetrazole rings is 1. The molecular formula is C21H17F2N7O. The van der Waals surface area contributed by atoms with Gasteiger partial charge in [0.05, 0.1) is 11.4 Å². The fourth-order valence-electron chi connectivity index (χ4n) is 3.83. The molecule has 1 N–H and O–H groups in total. The van der Waals surface area contributed by atoms with Gasteiger partial charge >= 0.3 is 0 Å². The van der Waals surface area contributed by atoms with E-state index in [1.165, 1.54) is 10.7 Å². The minimum absolute atomic E-state index is 0.279. The van der Waals surface area contributed by atoms with E-state index in [9.17, 15) is 13.6 Å². The predicted molar refractivity (Wildman–Crippen MR) is 107 cm³/mol. The number of carbonyl (C=O) groups is 1. The first-order valence-corrected chi connectivity index (χ1v) is 9.74. The number of fused-ring (bicyclic) bond motifs is 1. The average Bonchev–Trinajstić information content (AvgIpc) is 3.47. The molecule has 0 fully saturated rings. The van der Waals surface area contributed by atoms with E-state index in [1.807, 2.05) is 6.07 Å². The molecule has 2 aromatic carbocycles. The summed E-state index contributed by atoms with van der Waals surface area (Å²) in [5.74, 6) is -1.64. The lowest BCUT2D eigenvalue weighted by Gasteiger charge is -2.08. The highest BCUT2D eigenvalue weighted by molar-refractivity contribution is 6.04. The van der Waals surface area contributed by atoms with Crippen molar-refractivity contribution < 1.29 is 13.6 Å². The third-order valence-electron chi connectivity index (χ3n) is 5.27. The van der Waals surface area contributed by atoms with Crippen LogP contribution in [0.3, 0.4) is 0 Å². The number of halogens is 2. The predicted octanol–water partition coefficient (Wildman–Crippen LogP) is 3.18. The van der Waals surface area contributed by atoms with Crippen molar-refractivity contribution in [2.45, 2.75) is 26.2 Å². The van der Waals surface area contributed by atoms with E-state index < -0.39 is 11.6 Å². The van der Waals surface area contributed by atoms with Crippen LogP contribution in [-0.2, 0) is 12.8 Å². The Balaban J connectivity index is 1.47. The van der Waals surface area contributed by atoms with Crippen molar-refractivity contribution in [1.82, 2.24) is 30.0 Å². The minimum Gasteiger partial charge on any atom is -0.321 e. The first-order valence-electron chi connectivity index (χ1n) is 9.74. The summed E-state index contributed by atoms with van der Waals surface area (Å²) in [4.78, 5) is 13.0. The van der Waals surface area contributed by atoms with Crippen molar-refractivity contribution in [3.63, 3.8) is 0 Å². The van der Waals surface area contributed by atoms with Crippen LogP contribution in [0.25, 0.3) is 11.4 Å². The van der Waals surface area contributed by atoms with Crippen LogP contribution >= 0.6 is 0 Å². The second-order valence-electron chi connectivity index (χ2n) is 7.28. The van der Waals surface area contributed by atoms with Gasteiger partial charge in [0, 0.05) is 23.0 Å². The first-order chi connectivity index (χ1) is 15.0. The van der Waals surface area contributed by atoms with Gasteiger partial charge in [-0.15, -0.1) is 5.10 Å². The van der Waals surface area contributed by atoms with Crippen molar-refractivity contribution >= 4 is 11.6 Å². The monoisotopic (exact) mass is 421 g/mol. The van der Waals surface area contributed by atoms with E-state index in [-0.39, 0.29) is 11.6 Å². The molecule has 1 aliphatic rings. The Kier molecular flexibility index (Phi) is 4.54. The van der Waals surface area contributed by atoms with Crippen molar-refractivity contribution in [3.8, 4) is 11.4 Å². The Bertz CT molecular complexity index is 1310. The number of rotatable bonds is 4. The van der Waals surface area contributed by atoms with Crippen LogP contribution in [0.4, 0.5) is 14.5 Å². The lowest BCUT2D eigenvalue weighted by atomic mass is 10.2. The smallest absolute Gasteiger partial charge is 0.276 e. The largest absolute Gasteiger partial charge is 0.321 e. The fourth-order valence-corrected chi connectivity index (χ4v) is 3.83. The number of benzene rings is 2. The maximum Gasteiger partial charge on any atom is 0.276 e. The van der Waals surface area contributed by atoms with Crippen LogP contribution in [-0.4, -0.2) is 35.9 Å². The third kappa shape index (κ3) is 3.35. The summed E-state index contributed by atoms with van der Waals surface area (Å²) in [6.07, 6.45) is 2.28. The average molecular weight is 421 g/mol. The van der Waals surface area contributed by atoms with E-state index >= 15 is 0 Å². The van der Waals surface area contributed by atoms with Gasteiger partial charge in [0.2, 0.25) is 0 Å². The first kappa shape index (κ1) is 19.0. The standard InChI is InChI=1S/C21H17F2N7O/c1-12-25-27-28-29(12)14-5-2-4-13(10-14)24-21(31)20-16-6-3-7-19(16)30(26-20)15-8-9-17(22)18(23)11-15/h2,4-5,8-11H,3,6-7H2,1H3,(H,24,31). The molecule has 0 bridgehead atoms. The molecule has 8 nitrogen and oxygen atoms in total. The van der Waals surface area contributed by atoms with Crippen molar-refractivity contribution in [2.75, 3.05) is 5.32 Å². The van der Waals surface area contributed by atoms with E-state index in [0.717, 1.165) is 29.8 Å². The fraction of sp³-hybridized carbons (Fsp3) is 0.190. The summed E-state index contributed by atoms with van der Waals surface area (Å²) in [6.45, 7) is 1.78. The molecule has 156 valence electrons. The Hall–Kier alpha value is -3.95. The van der Waals surface area contributed by atoms with E-state index in [1.54, 1.807) is 29.8 Å². The maximum atomic E-state index is 13.7. The Morgan fingerprint density at radius 1 is 1.03 bits per heavy atom. The molecule has 0 saturated heterocycles. The van der Waals surface area contributed by atoms with Crippen LogP contribution in [0, 0.1) is 18.6 Å². The number of nitrogens with one attached hydrogen (secondary N) is 1. The van der Waals surface area contributed by atoms with E-state index in [4.69, 9.17) is 0 Å². The van der Waals surface area contributed by atoms with Crippen LogP contribution in [0.2, 0.25) is 0 Å². The highest BCUT2D eigenvalue weighted by atomic mass is 19.2. The molecule has 0 atom stereocenters. The highest BCUT2D eigenvalue weighted by Crippen LogP contribution is 2.29. The molecule has 10 heteroatoms. The zero-order valence-corrected chi connectivity index (χ0v) is 16.5. The van der Waals surface area contributed by atoms with Crippen LogP contribution in [0.15, 0.2) is 42.5 Å². The number of hydrogen-bond donors (Lipinski definition) is 1. The van der Waals surface area contributed by atoms with Crippen LogP contribution < -0.4 is 5.32 Å². The van der Waals surface area contributed by atoms with Gasteiger partial charge in [-0.3, -0.25) is 4.79 Å². The SMILES string of the molecule is Cc1nnnn1-c1cccc(NC(=O)c2nn(-c3ccc(F)c(F)c3)c3c2CCC3)c1. The van der Waals surface area contributed by atoms with E-state index in [2.05, 4.69) is 25.9 Å². The van der Waals surface area contributed by atoms with Crippen molar-refractivity contribution in [1.29, 1.82) is 0 Å². The van der Waals surface area contributed by atoms with Gasteiger partial charge in [0.1, 0.15) is 0 Å². The van der Waals surface area contributed by atoms with Crippen LogP contribution in [0.1, 0.15) is 34.0 Å². The quantitative estimate of drug-likeness (QED) is 0.547. The molecule has 0 aliphatic heterocycles. The normalized spacial score (nSPS) is 12.7. The number of carbonyl (C=O) groups excluding carboxylic acids is 1. The molecule has 0 saturated carbocycles. The topological polar surface area (TPSA) is 90.5 Å². The number of amides is 1. The number of aryl methyl sites for hydroxylation is 1. The van der Waals surface area contributed by atoms with Gasteiger partial charge in [-0.2, -0.15) is 9.78 Å². The molecule has 31 heavy (non-hydrogen) atoms. The van der Waals surface area contributed by atoms with Gasteiger partial charge in [0.15, 0.2) is 23.2 Å². The number of anilines is 1. The molecule has 0 spiro atoms. The zero-order chi connectivity index (χ0) is 21.5. The molecule has 2 aromatic heterocycles. The van der Waals surface area contributed by atoms with Crippen molar-refractivity contribution in [2.24, 2.45) is 0 Å². The van der Waals surface area contributed by atoms with Gasteiger partial charge in [-0.05, 0) is 66.9 Å². The highest BCUT2D eigenvalue weighted by Gasteiger charge is 2.27. The summed E-state index contributed by atoms with van der Waals surface area (Å²) >= 11 is 0. The summed E-state index contributed by atoms with van der Waals surface area (Å²) in [5.41, 5.74) is 3.60. The van der Waals surface area contributed by atoms with Gasteiger partial charge in [-0.1, -0.05) is 6.07 Å². The summed E-state index contributed by atoms with van der Waals surface area (Å²) in [6, 6.07) is 10.7. The number of nitrogens with zero attached hydrogens (tertiary/aromatic N) is 6. The molecule has 1 amide bonds. The van der Waals surface area contributed by atoms with Gasteiger partial charge in [-0.25, -0.2) is 13.5 Å². The van der Waals surface area contributed by atoms with Gasteiger partial charge < -0.3 is 5.32 Å². The Morgan fingerprint density at radius 2 is 1.87 bits per heavy atom. The molecule has 5 rings (SSSR count). The maximum absolute atomic E-state index is 13.7. The summed E-state index contributed by atoms with van der Waals surface area (Å²) in [5, 5.41) is 18.7. The van der Waals surface area contributed by atoms with Crippen molar-refractivity contribution in [3.05, 3.63) is 76.9 Å². The van der Waals surface area contributed by atoms with Gasteiger partial charge in [0.25, 0.3) is 5.91 Å². The molecular weight excluding hydrogens is 404 g/mol.